The Hall–Kier alpha value is -2.37. The third-order valence-corrected chi connectivity index (χ3v) is 2.57. The van der Waals surface area contributed by atoms with Crippen LogP contribution in [0.25, 0.3) is 0 Å². The summed E-state index contributed by atoms with van der Waals surface area (Å²) in [6.07, 6.45) is 0.776. The standard InChI is InChI=1S/C16H21NO5/c1-4-5-15(19)21-10-14(18)17-13-8-6-12(7-9-13)16(20)22-11(2)3/h6-9,11H,4-5,10H2,1-3H3,(H,17,18). The molecule has 0 saturated carbocycles. The number of carbonyl (C=O) groups is 3. The van der Waals surface area contributed by atoms with E-state index in [1.54, 1.807) is 38.1 Å². The Labute approximate surface area is 129 Å². The van der Waals surface area contributed by atoms with Crippen molar-refractivity contribution >= 4 is 23.5 Å². The van der Waals surface area contributed by atoms with Gasteiger partial charge in [-0.2, -0.15) is 0 Å². The summed E-state index contributed by atoms with van der Waals surface area (Å²) in [4.78, 5) is 34.4. The van der Waals surface area contributed by atoms with Crippen molar-refractivity contribution in [2.45, 2.75) is 39.7 Å². The van der Waals surface area contributed by atoms with Gasteiger partial charge in [0.05, 0.1) is 11.7 Å². The molecule has 0 aliphatic rings. The maximum absolute atomic E-state index is 11.7. The van der Waals surface area contributed by atoms with Crippen LogP contribution in [-0.2, 0) is 19.1 Å². The molecule has 0 spiro atoms. The Morgan fingerprint density at radius 3 is 2.32 bits per heavy atom. The van der Waals surface area contributed by atoms with Gasteiger partial charge in [0.15, 0.2) is 6.61 Å². The van der Waals surface area contributed by atoms with Crippen LogP contribution in [-0.4, -0.2) is 30.6 Å². The summed E-state index contributed by atoms with van der Waals surface area (Å²) < 4.78 is 9.86. The number of ether oxygens (including phenoxy) is 2. The second-order valence-electron chi connectivity index (χ2n) is 4.99. The van der Waals surface area contributed by atoms with Crippen molar-refractivity contribution in [1.82, 2.24) is 0 Å². The van der Waals surface area contributed by atoms with Gasteiger partial charge in [0.1, 0.15) is 0 Å². The quantitative estimate of drug-likeness (QED) is 0.783. The molecule has 0 radical (unpaired) electrons. The highest BCUT2D eigenvalue weighted by Gasteiger charge is 2.10. The fourth-order valence-electron chi connectivity index (χ4n) is 1.59. The van der Waals surface area contributed by atoms with Crippen molar-refractivity contribution in [2.24, 2.45) is 0 Å². The molecule has 1 aromatic carbocycles. The van der Waals surface area contributed by atoms with Crippen LogP contribution < -0.4 is 5.32 Å². The molecule has 22 heavy (non-hydrogen) atoms. The second kappa shape index (κ2) is 8.81. The molecular weight excluding hydrogens is 286 g/mol. The fraction of sp³-hybridized carbons (Fsp3) is 0.438. The smallest absolute Gasteiger partial charge is 0.338 e. The van der Waals surface area contributed by atoms with Crippen LogP contribution in [0.2, 0.25) is 0 Å². The predicted octanol–water partition coefficient (Wildman–Crippen LogP) is 2.53. The minimum Gasteiger partial charge on any atom is -0.459 e. The Bertz CT molecular complexity index is 522. The van der Waals surface area contributed by atoms with Gasteiger partial charge >= 0.3 is 11.9 Å². The number of hydrogen-bond acceptors (Lipinski definition) is 5. The third kappa shape index (κ3) is 6.39. The SMILES string of the molecule is CCCC(=O)OCC(=O)Nc1ccc(C(=O)OC(C)C)cc1. The lowest BCUT2D eigenvalue weighted by molar-refractivity contribution is -0.147. The molecular formula is C16H21NO5. The molecule has 0 fully saturated rings. The zero-order chi connectivity index (χ0) is 16.5. The van der Waals surface area contributed by atoms with Crippen LogP contribution in [0.1, 0.15) is 44.0 Å². The summed E-state index contributed by atoms with van der Waals surface area (Å²) in [5, 5.41) is 2.58. The van der Waals surface area contributed by atoms with Gasteiger partial charge in [-0.25, -0.2) is 4.79 Å². The van der Waals surface area contributed by atoms with Crippen molar-refractivity contribution in [1.29, 1.82) is 0 Å². The topological polar surface area (TPSA) is 81.7 Å². The highest BCUT2D eigenvalue weighted by molar-refractivity contribution is 5.94. The minimum absolute atomic E-state index is 0.190. The van der Waals surface area contributed by atoms with Crippen molar-refractivity contribution in [3.63, 3.8) is 0 Å². The van der Waals surface area contributed by atoms with Gasteiger partial charge in [-0.15, -0.1) is 0 Å². The molecule has 1 rings (SSSR count). The Balaban J connectivity index is 2.48. The van der Waals surface area contributed by atoms with Gasteiger partial charge in [0.25, 0.3) is 5.91 Å². The van der Waals surface area contributed by atoms with E-state index in [9.17, 15) is 14.4 Å². The number of esters is 2. The molecule has 0 heterocycles. The molecule has 0 unspecified atom stereocenters. The van der Waals surface area contributed by atoms with Crippen LogP contribution in [0.5, 0.6) is 0 Å². The monoisotopic (exact) mass is 307 g/mol. The summed E-state index contributed by atoms with van der Waals surface area (Å²) in [5.41, 5.74) is 0.915. The zero-order valence-electron chi connectivity index (χ0n) is 13.0. The maximum atomic E-state index is 11.7. The highest BCUT2D eigenvalue weighted by Crippen LogP contribution is 2.11. The van der Waals surface area contributed by atoms with E-state index in [4.69, 9.17) is 9.47 Å². The lowest BCUT2D eigenvalue weighted by atomic mass is 10.2. The summed E-state index contributed by atoms with van der Waals surface area (Å²) in [5.74, 6) is -1.24. The average Bonchev–Trinajstić information content (AvgIpc) is 2.45. The van der Waals surface area contributed by atoms with Gasteiger partial charge in [-0.1, -0.05) is 6.92 Å². The van der Waals surface area contributed by atoms with E-state index in [0.29, 0.717) is 24.1 Å². The molecule has 0 saturated heterocycles. The summed E-state index contributed by atoms with van der Waals surface area (Å²) in [7, 11) is 0. The van der Waals surface area contributed by atoms with Gasteiger partial charge in [-0.3, -0.25) is 9.59 Å². The number of anilines is 1. The lowest BCUT2D eigenvalue weighted by Gasteiger charge is -2.09. The molecule has 0 aromatic heterocycles. The van der Waals surface area contributed by atoms with Crippen LogP contribution in [0.3, 0.4) is 0 Å². The molecule has 0 atom stereocenters. The van der Waals surface area contributed by atoms with E-state index in [1.165, 1.54) is 0 Å². The van der Waals surface area contributed by atoms with Crippen molar-refractivity contribution in [3.05, 3.63) is 29.8 Å². The highest BCUT2D eigenvalue weighted by atomic mass is 16.5. The average molecular weight is 307 g/mol. The van der Waals surface area contributed by atoms with Crippen LogP contribution in [0.15, 0.2) is 24.3 Å². The Morgan fingerprint density at radius 1 is 1.14 bits per heavy atom. The first kappa shape index (κ1) is 17.7. The lowest BCUT2D eigenvalue weighted by Crippen LogP contribution is -2.20. The molecule has 6 nitrogen and oxygen atoms in total. The molecule has 0 aliphatic heterocycles. The Morgan fingerprint density at radius 2 is 1.77 bits per heavy atom. The molecule has 1 N–H and O–H groups in total. The van der Waals surface area contributed by atoms with Crippen molar-refractivity contribution in [2.75, 3.05) is 11.9 Å². The van der Waals surface area contributed by atoms with Gasteiger partial charge < -0.3 is 14.8 Å². The van der Waals surface area contributed by atoms with E-state index >= 15 is 0 Å². The zero-order valence-corrected chi connectivity index (χ0v) is 13.0. The van der Waals surface area contributed by atoms with E-state index in [0.717, 1.165) is 0 Å². The second-order valence-corrected chi connectivity index (χ2v) is 4.99. The van der Waals surface area contributed by atoms with Gasteiger partial charge in [-0.05, 0) is 44.5 Å². The van der Waals surface area contributed by atoms with E-state index < -0.39 is 17.8 Å². The number of hydrogen-bond donors (Lipinski definition) is 1. The predicted molar refractivity (Wildman–Crippen MR) is 81.5 cm³/mol. The number of carbonyl (C=O) groups excluding carboxylic acids is 3. The van der Waals surface area contributed by atoms with Crippen LogP contribution >= 0.6 is 0 Å². The largest absolute Gasteiger partial charge is 0.459 e. The first-order valence-electron chi connectivity index (χ1n) is 7.19. The van der Waals surface area contributed by atoms with E-state index in [2.05, 4.69) is 5.32 Å². The van der Waals surface area contributed by atoms with Crippen molar-refractivity contribution < 1.29 is 23.9 Å². The molecule has 0 aliphatic carbocycles. The van der Waals surface area contributed by atoms with Crippen LogP contribution in [0.4, 0.5) is 5.69 Å². The first-order valence-corrected chi connectivity index (χ1v) is 7.19. The Kier molecular flexibility index (Phi) is 7.08. The first-order chi connectivity index (χ1) is 10.4. The molecule has 0 bridgehead atoms. The van der Waals surface area contributed by atoms with Gasteiger partial charge in [0, 0.05) is 12.1 Å². The van der Waals surface area contributed by atoms with Crippen LogP contribution in [0, 0.1) is 0 Å². The summed E-state index contributed by atoms with van der Waals surface area (Å²) in [6.45, 7) is 5.07. The van der Waals surface area contributed by atoms with Gasteiger partial charge in [0.2, 0.25) is 0 Å². The maximum Gasteiger partial charge on any atom is 0.338 e. The molecule has 1 aromatic rings. The minimum atomic E-state index is -0.429. The number of rotatable bonds is 7. The van der Waals surface area contributed by atoms with E-state index in [1.807, 2.05) is 6.92 Å². The third-order valence-electron chi connectivity index (χ3n) is 2.57. The fourth-order valence-corrected chi connectivity index (χ4v) is 1.59. The molecule has 6 heteroatoms. The molecule has 120 valence electrons. The number of nitrogens with one attached hydrogen (secondary N) is 1. The molecule has 1 amide bonds. The van der Waals surface area contributed by atoms with E-state index in [-0.39, 0.29) is 12.7 Å². The number of benzene rings is 1. The summed E-state index contributed by atoms with van der Waals surface area (Å²) in [6, 6.07) is 6.29. The summed E-state index contributed by atoms with van der Waals surface area (Å²) >= 11 is 0. The normalized spacial score (nSPS) is 10.2. The van der Waals surface area contributed by atoms with Crippen molar-refractivity contribution in [3.8, 4) is 0 Å². The number of amides is 1.